The van der Waals surface area contributed by atoms with Crippen molar-refractivity contribution in [2.75, 3.05) is 66.1 Å². The van der Waals surface area contributed by atoms with Crippen LogP contribution in [0.4, 0.5) is 0 Å². The molecule has 0 spiro atoms. The standard InChI is InChI=1S/C9H20O4.C7H16O3.C5H12O.C4H11O4P/c1-3-9(11)7-13-5-4-12-6-8(2)10;1-3-7(9)5-10-4-6(2)8;1-3-5-6-4-2;1-3-7-9(5,6)8-4-2/h8-11H,3-7H2,1-2H3;6-9H,3-5H2,1-2H3;3-5H2,1-2H3;3-4H2,1-2H3,(H,5,6). The summed E-state index contributed by atoms with van der Waals surface area (Å²) >= 11 is 0. The molecule has 0 aromatic rings. The van der Waals surface area contributed by atoms with Crippen LogP contribution in [-0.4, -0.2) is 116 Å². The van der Waals surface area contributed by atoms with Crippen molar-refractivity contribution in [3.63, 3.8) is 0 Å². The molecular weight excluding hydrogens is 523 g/mol. The molecule has 0 aromatic heterocycles. The van der Waals surface area contributed by atoms with Crippen LogP contribution in [0.25, 0.3) is 0 Å². The summed E-state index contributed by atoms with van der Waals surface area (Å²) in [7, 11) is -3.69. The van der Waals surface area contributed by atoms with Crippen molar-refractivity contribution >= 4 is 7.82 Å². The van der Waals surface area contributed by atoms with Crippen LogP contribution in [-0.2, 0) is 32.6 Å². The predicted molar refractivity (Wildman–Crippen MR) is 148 cm³/mol. The van der Waals surface area contributed by atoms with Crippen molar-refractivity contribution in [2.45, 2.75) is 99.1 Å². The number of aliphatic hydroxyl groups is 4. The lowest BCUT2D eigenvalue weighted by Gasteiger charge is -2.09. The van der Waals surface area contributed by atoms with E-state index < -0.39 is 26.1 Å². The van der Waals surface area contributed by atoms with Crippen LogP contribution in [0.5, 0.6) is 0 Å². The average molecular weight is 583 g/mol. The van der Waals surface area contributed by atoms with Gasteiger partial charge in [0.2, 0.25) is 0 Å². The Balaban J connectivity index is -0.000000210. The molecule has 12 nitrogen and oxygen atoms in total. The summed E-state index contributed by atoms with van der Waals surface area (Å²) in [4.78, 5) is 8.63. The Morgan fingerprint density at radius 2 is 0.974 bits per heavy atom. The Hall–Kier alpha value is -0.210. The Bertz CT molecular complexity index is 456. The largest absolute Gasteiger partial charge is 0.472 e. The molecule has 4 atom stereocenters. The second-order valence-corrected chi connectivity index (χ2v) is 9.46. The molecule has 236 valence electrons. The summed E-state index contributed by atoms with van der Waals surface area (Å²) in [6.45, 7) is 18.9. The first-order valence-electron chi connectivity index (χ1n) is 13.5. The van der Waals surface area contributed by atoms with Crippen molar-refractivity contribution in [2.24, 2.45) is 0 Å². The molecule has 0 amide bonds. The first kappa shape index (κ1) is 44.8. The molecule has 0 aliphatic rings. The molecule has 0 bridgehead atoms. The molecule has 0 aromatic carbocycles. The summed E-state index contributed by atoms with van der Waals surface area (Å²) in [6, 6.07) is 0. The zero-order valence-electron chi connectivity index (χ0n) is 25.0. The highest BCUT2D eigenvalue weighted by atomic mass is 31.2. The molecule has 4 unspecified atom stereocenters. The highest BCUT2D eigenvalue weighted by Crippen LogP contribution is 2.42. The lowest BCUT2D eigenvalue weighted by atomic mass is 10.3. The zero-order valence-corrected chi connectivity index (χ0v) is 25.9. The fraction of sp³-hybridized carbons (Fsp3) is 1.00. The molecule has 0 saturated heterocycles. The van der Waals surface area contributed by atoms with Gasteiger partial charge in [-0.1, -0.05) is 20.8 Å². The normalized spacial score (nSPS) is 14.0. The van der Waals surface area contributed by atoms with Gasteiger partial charge in [0, 0.05) is 13.2 Å². The summed E-state index contributed by atoms with van der Waals surface area (Å²) < 4.78 is 39.3. The van der Waals surface area contributed by atoms with E-state index in [1.165, 1.54) is 0 Å². The highest BCUT2D eigenvalue weighted by molar-refractivity contribution is 7.47. The number of hydrogen-bond acceptors (Lipinski definition) is 11. The molecule has 13 heteroatoms. The lowest BCUT2D eigenvalue weighted by Crippen LogP contribution is -2.18. The van der Waals surface area contributed by atoms with Crippen molar-refractivity contribution in [3.8, 4) is 0 Å². The van der Waals surface area contributed by atoms with E-state index in [2.05, 4.69) is 16.0 Å². The third kappa shape index (κ3) is 48.8. The number of ether oxygens (including phenoxy) is 4. The van der Waals surface area contributed by atoms with Gasteiger partial charge in [-0.15, -0.1) is 0 Å². The maximum Gasteiger partial charge on any atom is 0.472 e. The van der Waals surface area contributed by atoms with Crippen LogP contribution in [0.15, 0.2) is 0 Å². The number of phosphoric ester groups is 1. The minimum atomic E-state index is -3.69. The summed E-state index contributed by atoms with van der Waals surface area (Å²) in [5.74, 6) is 0. The van der Waals surface area contributed by atoms with E-state index in [1.54, 1.807) is 27.7 Å². The number of phosphoric acid groups is 1. The summed E-state index contributed by atoms with van der Waals surface area (Å²) in [5, 5.41) is 35.6. The van der Waals surface area contributed by atoms with Gasteiger partial charge in [0.1, 0.15) is 0 Å². The van der Waals surface area contributed by atoms with E-state index in [0.29, 0.717) is 52.5 Å². The molecule has 0 radical (unpaired) electrons. The Labute approximate surface area is 231 Å². The highest BCUT2D eigenvalue weighted by Gasteiger charge is 2.17. The van der Waals surface area contributed by atoms with Gasteiger partial charge in [0.15, 0.2) is 0 Å². The molecule has 0 heterocycles. The number of aliphatic hydroxyl groups excluding tert-OH is 4. The van der Waals surface area contributed by atoms with E-state index in [1.807, 2.05) is 20.8 Å². The van der Waals surface area contributed by atoms with Crippen LogP contribution in [0.2, 0.25) is 0 Å². The third-order valence-electron chi connectivity index (χ3n) is 3.79. The topological polar surface area (TPSA) is 174 Å². The van der Waals surface area contributed by atoms with Gasteiger partial charge in [-0.25, -0.2) is 4.57 Å². The van der Waals surface area contributed by atoms with Gasteiger partial charge in [-0.05, 0) is 53.9 Å². The van der Waals surface area contributed by atoms with Gasteiger partial charge in [-0.2, -0.15) is 0 Å². The van der Waals surface area contributed by atoms with Crippen molar-refractivity contribution in [1.82, 2.24) is 0 Å². The Morgan fingerprint density at radius 1 is 0.579 bits per heavy atom. The van der Waals surface area contributed by atoms with Gasteiger partial charge < -0.3 is 44.3 Å². The number of rotatable bonds is 20. The van der Waals surface area contributed by atoms with Crippen molar-refractivity contribution in [3.05, 3.63) is 0 Å². The van der Waals surface area contributed by atoms with Crippen LogP contribution in [0.1, 0.15) is 74.7 Å². The molecule has 5 N–H and O–H groups in total. The molecule has 38 heavy (non-hydrogen) atoms. The molecular formula is C25H59O12P. The third-order valence-corrected chi connectivity index (χ3v) is 4.96. The van der Waals surface area contributed by atoms with E-state index in [9.17, 15) is 4.57 Å². The fourth-order valence-corrected chi connectivity index (χ4v) is 2.58. The summed E-state index contributed by atoms with van der Waals surface area (Å²) in [5.41, 5.74) is 0. The van der Waals surface area contributed by atoms with Crippen LogP contribution in [0.3, 0.4) is 0 Å². The van der Waals surface area contributed by atoms with Gasteiger partial charge in [-0.3, -0.25) is 9.05 Å². The second-order valence-electron chi connectivity index (χ2n) is 8.01. The van der Waals surface area contributed by atoms with Crippen LogP contribution in [0, 0.1) is 0 Å². The van der Waals surface area contributed by atoms with Crippen LogP contribution < -0.4 is 0 Å². The molecule has 0 aliphatic heterocycles. The maximum absolute atomic E-state index is 10.5. The Morgan fingerprint density at radius 3 is 1.29 bits per heavy atom. The fourth-order valence-electron chi connectivity index (χ4n) is 1.85. The maximum atomic E-state index is 10.5. The molecule has 0 fully saturated rings. The Kier molecular flexibility index (Phi) is 41.0. The summed E-state index contributed by atoms with van der Waals surface area (Å²) in [6.07, 6.45) is 0.892. The molecule has 0 aliphatic carbocycles. The lowest BCUT2D eigenvalue weighted by molar-refractivity contribution is -0.0141. The first-order chi connectivity index (χ1) is 17.9. The smallest absolute Gasteiger partial charge is 0.391 e. The van der Waals surface area contributed by atoms with Crippen molar-refractivity contribution in [1.29, 1.82) is 0 Å². The van der Waals surface area contributed by atoms with Crippen molar-refractivity contribution < 1.29 is 57.9 Å². The average Bonchev–Trinajstić information content (AvgIpc) is 2.85. The van der Waals surface area contributed by atoms with E-state index >= 15 is 0 Å². The monoisotopic (exact) mass is 582 g/mol. The minimum absolute atomic E-state index is 0.188. The number of hydrogen-bond donors (Lipinski definition) is 5. The SMILES string of the molecule is CCC(O)COCC(C)O.CCC(O)COCCOCC(C)O.CCCOCC.CCOP(=O)(O)OCC. The van der Waals surface area contributed by atoms with Gasteiger partial charge in [0.05, 0.1) is 77.3 Å². The van der Waals surface area contributed by atoms with Gasteiger partial charge in [0.25, 0.3) is 0 Å². The quantitative estimate of drug-likeness (QED) is 0.105. The first-order valence-corrected chi connectivity index (χ1v) is 15.0. The minimum Gasteiger partial charge on any atom is -0.391 e. The van der Waals surface area contributed by atoms with E-state index in [0.717, 1.165) is 19.6 Å². The predicted octanol–water partition coefficient (Wildman–Crippen LogP) is 2.92. The molecule has 0 saturated carbocycles. The van der Waals surface area contributed by atoms with Gasteiger partial charge >= 0.3 is 7.82 Å². The molecule has 0 rings (SSSR count). The van der Waals surface area contributed by atoms with E-state index in [-0.39, 0.29) is 19.3 Å². The van der Waals surface area contributed by atoms with E-state index in [4.69, 9.17) is 44.3 Å². The van der Waals surface area contributed by atoms with Crippen LogP contribution >= 0.6 is 7.82 Å². The zero-order chi connectivity index (χ0) is 30.2. The second kappa shape index (κ2) is 34.8.